The zero-order valence-corrected chi connectivity index (χ0v) is 12.2. The van der Waals surface area contributed by atoms with Crippen molar-refractivity contribution in [1.29, 1.82) is 0 Å². The molecule has 6 heteroatoms. The van der Waals surface area contributed by atoms with Gasteiger partial charge in [-0.25, -0.2) is 0 Å². The summed E-state index contributed by atoms with van der Waals surface area (Å²) >= 11 is 0. The average molecular weight is 288 g/mol. The average Bonchev–Trinajstić information content (AvgIpc) is 3.15. The number of H-pyrrole nitrogens is 1. The maximum atomic E-state index is 12.1. The molecule has 0 aliphatic heterocycles. The summed E-state index contributed by atoms with van der Waals surface area (Å²) in [6.07, 6.45) is 6.20. The number of aromatic amines is 1. The van der Waals surface area contributed by atoms with Crippen LogP contribution in [0.1, 0.15) is 65.7 Å². The van der Waals surface area contributed by atoms with E-state index in [9.17, 15) is 4.79 Å². The third kappa shape index (κ3) is 3.32. The van der Waals surface area contributed by atoms with E-state index < -0.39 is 0 Å². The number of carbonyl (C=O) groups is 1. The molecule has 1 fully saturated rings. The third-order valence-corrected chi connectivity index (χ3v) is 3.98. The first-order chi connectivity index (χ1) is 10.2. The number of hydrogen-bond donors (Lipinski definition) is 2. The molecule has 0 atom stereocenters. The van der Waals surface area contributed by atoms with Gasteiger partial charge in [-0.2, -0.15) is 5.10 Å². The molecule has 21 heavy (non-hydrogen) atoms. The van der Waals surface area contributed by atoms with Crippen LogP contribution >= 0.6 is 0 Å². The van der Waals surface area contributed by atoms with Crippen molar-refractivity contribution in [2.75, 3.05) is 0 Å². The highest BCUT2D eigenvalue weighted by atomic mass is 16.5. The first-order valence-corrected chi connectivity index (χ1v) is 7.48. The summed E-state index contributed by atoms with van der Waals surface area (Å²) in [6.45, 7) is 2.17. The second-order valence-electron chi connectivity index (χ2n) is 5.66. The van der Waals surface area contributed by atoms with E-state index in [1.807, 2.05) is 13.0 Å². The lowest BCUT2D eigenvalue weighted by atomic mass is 9.87. The van der Waals surface area contributed by atoms with E-state index >= 15 is 0 Å². The molecule has 2 heterocycles. The highest BCUT2D eigenvalue weighted by molar-refractivity contribution is 5.92. The van der Waals surface area contributed by atoms with Gasteiger partial charge in [0.2, 0.25) is 0 Å². The second-order valence-corrected chi connectivity index (χ2v) is 5.66. The minimum Gasteiger partial charge on any atom is -0.359 e. The summed E-state index contributed by atoms with van der Waals surface area (Å²) in [5.41, 5.74) is 2.32. The molecule has 0 saturated heterocycles. The fourth-order valence-corrected chi connectivity index (χ4v) is 2.83. The largest absolute Gasteiger partial charge is 0.359 e. The zero-order chi connectivity index (χ0) is 14.7. The van der Waals surface area contributed by atoms with Gasteiger partial charge in [0.05, 0.1) is 12.2 Å². The Morgan fingerprint density at radius 2 is 2.19 bits per heavy atom. The minimum atomic E-state index is -0.192. The Morgan fingerprint density at radius 3 is 2.90 bits per heavy atom. The smallest absolute Gasteiger partial charge is 0.272 e. The van der Waals surface area contributed by atoms with Gasteiger partial charge >= 0.3 is 0 Å². The van der Waals surface area contributed by atoms with Crippen molar-refractivity contribution >= 4 is 5.91 Å². The molecule has 112 valence electrons. The number of amides is 1. The summed E-state index contributed by atoms with van der Waals surface area (Å²) in [5, 5.41) is 13.7. The molecule has 0 aromatic carbocycles. The van der Waals surface area contributed by atoms with E-state index in [4.69, 9.17) is 4.52 Å². The van der Waals surface area contributed by atoms with Crippen molar-refractivity contribution < 1.29 is 9.32 Å². The highest BCUT2D eigenvalue weighted by Gasteiger charge is 2.19. The number of aryl methyl sites for hydroxylation is 1. The standard InChI is InChI=1S/C15H20N4O2/c1-10-7-12(21-19-10)9-16-15(20)14-8-13(17-18-14)11-5-3-2-4-6-11/h7-8,11H,2-6,9H2,1H3,(H,16,20)(H,17,18). The first kappa shape index (κ1) is 13.9. The number of nitrogens with one attached hydrogen (secondary N) is 2. The van der Waals surface area contributed by atoms with Gasteiger partial charge in [0.25, 0.3) is 5.91 Å². The van der Waals surface area contributed by atoms with Crippen LogP contribution in [0.2, 0.25) is 0 Å². The van der Waals surface area contributed by atoms with Crippen LogP contribution in [0, 0.1) is 6.92 Å². The quantitative estimate of drug-likeness (QED) is 0.906. The Hall–Kier alpha value is -2.11. The van der Waals surface area contributed by atoms with Crippen LogP contribution in [0.3, 0.4) is 0 Å². The molecule has 3 rings (SSSR count). The van der Waals surface area contributed by atoms with Crippen molar-refractivity contribution in [2.24, 2.45) is 0 Å². The Labute approximate surface area is 123 Å². The predicted molar refractivity (Wildman–Crippen MR) is 76.8 cm³/mol. The molecule has 0 bridgehead atoms. The van der Waals surface area contributed by atoms with Crippen LogP contribution in [0.4, 0.5) is 0 Å². The molecule has 1 aliphatic carbocycles. The minimum absolute atomic E-state index is 0.192. The summed E-state index contributed by atoms with van der Waals surface area (Å²) in [6, 6.07) is 3.68. The van der Waals surface area contributed by atoms with Crippen LogP contribution < -0.4 is 5.32 Å². The molecule has 2 aromatic rings. The second kappa shape index (κ2) is 6.11. The van der Waals surface area contributed by atoms with Gasteiger partial charge < -0.3 is 9.84 Å². The number of rotatable bonds is 4. The molecule has 2 N–H and O–H groups in total. The predicted octanol–water partition coefficient (Wildman–Crippen LogP) is 2.68. The Morgan fingerprint density at radius 1 is 1.38 bits per heavy atom. The number of hydrogen-bond acceptors (Lipinski definition) is 4. The van der Waals surface area contributed by atoms with Crippen LogP contribution in [0.25, 0.3) is 0 Å². The molecule has 0 unspecified atom stereocenters. The molecule has 1 amide bonds. The number of aromatic nitrogens is 3. The van der Waals surface area contributed by atoms with E-state index in [0.717, 1.165) is 11.4 Å². The van der Waals surface area contributed by atoms with Gasteiger partial charge in [0, 0.05) is 17.7 Å². The van der Waals surface area contributed by atoms with Crippen LogP contribution in [0.15, 0.2) is 16.7 Å². The molecule has 1 aliphatic rings. The highest BCUT2D eigenvalue weighted by Crippen LogP contribution is 2.31. The Bertz CT molecular complexity index is 611. The molecule has 0 spiro atoms. The van der Waals surface area contributed by atoms with E-state index in [-0.39, 0.29) is 5.91 Å². The van der Waals surface area contributed by atoms with Gasteiger partial charge in [-0.05, 0) is 25.8 Å². The van der Waals surface area contributed by atoms with Crippen molar-refractivity contribution in [3.63, 3.8) is 0 Å². The van der Waals surface area contributed by atoms with Crippen molar-refractivity contribution in [3.05, 3.63) is 35.0 Å². The summed E-state index contributed by atoms with van der Waals surface area (Å²) in [4.78, 5) is 12.1. The number of nitrogens with zero attached hydrogens (tertiary/aromatic N) is 2. The molecular weight excluding hydrogens is 268 g/mol. The fourth-order valence-electron chi connectivity index (χ4n) is 2.83. The summed E-state index contributed by atoms with van der Waals surface area (Å²) < 4.78 is 5.06. The first-order valence-electron chi connectivity index (χ1n) is 7.48. The topological polar surface area (TPSA) is 83.8 Å². The van der Waals surface area contributed by atoms with Gasteiger partial charge in [-0.15, -0.1) is 0 Å². The van der Waals surface area contributed by atoms with Gasteiger partial charge in [-0.3, -0.25) is 9.89 Å². The normalized spacial score (nSPS) is 16.0. The SMILES string of the molecule is Cc1cc(CNC(=O)c2cc(C3CCCCC3)[nH]n2)on1. The van der Waals surface area contributed by atoms with Crippen LogP contribution in [-0.2, 0) is 6.54 Å². The van der Waals surface area contributed by atoms with E-state index in [0.29, 0.717) is 23.9 Å². The van der Waals surface area contributed by atoms with Gasteiger partial charge in [0.1, 0.15) is 5.69 Å². The van der Waals surface area contributed by atoms with Gasteiger partial charge in [0.15, 0.2) is 5.76 Å². The van der Waals surface area contributed by atoms with E-state index in [2.05, 4.69) is 20.7 Å². The van der Waals surface area contributed by atoms with Gasteiger partial charge in [-0.1, -0.05) is 24.4 Å². The molecule has 1 saturated carbocycles. The van der Waals surface area contributed by atoms with Crippen molar-refractivity contribution in [2.45, 2.75) is 51.5 Å². The lowest BCUT2D eigenvalue weighted by Crippen LogP contribution is -2.22. The summed E-state index contributed by atoms with van der Waals surface area (Å²) in [5.74, 6) is 0.968. The molecule has 0 radical (unpaired) electrons. The Balaban J connectivity index is 1.58. The maximum Gasteiger partial charge on any atom is 0.272 e. The third-order valence-electron chi connectivity index (χ3n) is 3.98. The van der Waals surface area contributed by atoms with Crippen molar-refractivity contribution in [1.82, 2.24) is 20.7 Å². The van der Waals surface area contributed by atoms with Crippen LogP contribution in [0.5, 0.6) is 0 Å². The Kier molecular flexibility index (Phi) is 4.03. The number of carbonyl (C=O) groups excluding carboxylic acids is 1. The summed E-state index contributed by atoms with van der Waals surface area (Å²) in [7, 11) is 0. The fraction of sp³-hybridized carbons (Fsp3) is 0.533. The van der Waals surface area contributed by atoms with Crippen LogP contribution in [-0.4, -0.2) is 21.3 Å². The lowest BCUT2D eigenvalue weighted by molar-refractivity contribution is 0.0942. The zero-order valence-electron chi connectivity index (χ0n) is 12.2. The van der Waals surface area contributed by atoms with E-state index in [1.165, 1.54) is 32.1 Å². The maximum absolute atomic E-state index is 12.1. The van der Waals surface area contributed by atoms with E-state index in [1.54, 1.807) is 6.07 Å². The lowest BCUT2D eigenvalue weighted by Gasteiger charge is -2.19. The molecular formula is C15H20N4O2. The molecule has 6 nitrogen and oxygen atoms in total. The monoisotopic (exact) mass is 288 g/mol. The van der Waals surface area contributed by atoms with Crippen molar-refractivity contribution in [3.8, 4) is 0 Å². The molecule has 2 aromatic heterocycles.